The molecule has 38 heavy (non-hydrogen) atoms. The number of piperidine rings is 1. The summed E-state index contributed by atoms with van der Waals surface area (Å²) in [7, 11) is 0. The number of hydrogen-bond acceptors (Lipinski definition) is 7. The molecule has 0 aliphatic carbocycles. The summed E-state index contributed by atoms with van der Waals surface area (Å²) in [6, 6.07) is 8.49. The van der Waals surface area contributed by atoms with Crippen LogP contribution in [0.5, 0.6) is 0 Å². The number of hydrogen-bond donors (Lipinski definition) is 2. The normalized spacial score (nSPS) is 17.2. The van der Waals surface area contributed by atoms with Gasteiger partial charge in [0.2, 0.25) is 5.95 Å². The first kappa shape index (κ1) is 26.4. The monoisotopic (exact) mass is 540 g/mol. The van der Waals surface area contributed by atoms with Crippen LogP contribution in [0.2, 0.25) is 5.02 Å². The topological polar surface area (TPSA) is 93.3 Å². The van der Waals surface area contributed by atoms with Crippen molar-refractivity contribution in [2.75, 3.05) is 56.0 Å². The minimum Gasteiger partial charge on any atom is -0.339 e. The first-order chi connectivity index (χ1) is 18.4. The van der Waals surface area contributed by atoms with Crippen LogP contribution in [-0.4, -0.2) is 81.7 Å². The van der Waals surface area contributed by atoms with E-state index < -0.39 is 5.82 Å². The van der Waals surface area contributed by atoms with Gasteiger partial charge in [0.05, 0.1) is 10.6 Å². The number of anilines is 3. The van der Waals surface area contributed by atoms with Crippen molar-refractivity contribution in [2.45, 2.75) is 33.1 Å². The van der Waals surface area contributed by atoms with E-state index in [1.165, 1.54) is 12.1 Å². The lowest BCUT2D eigenvalue weighted by atomic mass is 9.91. The van der Waals surface area contributed by atoms with Crippen LogP contribution in [0.1, 0.15) is 41.5 Å². The van der Waals surface area contributed by atoms with Crippen LogP contribution < -0.4 is 10.2 Å². The van der Waals surface area contributed by atoms with E-state index >= 15 is 0 Å². The predicted molar refractivity (Wildman–Crippen MR) is 147 cm³/mol. The Kier molecular flexibility index (Phi) is 8.09. The van der Waals surface area contributed by atoms with Gasteiger partial charge in [0.25, 0.3) is 5.91 Å². The number of likely N-dealkylation sites (N-methyl/N-ethyl adjacent to an activating group) is 1. The Bertz CT molecular complexity index is 1270. The molecule has 2 N–H and O–H groups in total. The molecule has 3 aromatic rings. The van der Waals surface area contributed by atoms with Crippen LogP contribution >= 0.6 is 11.6 Å². The highest BCUT2D eigenvalue weighted by molar-refractivity contribution is 6.31. The molecule has 2 saturated heterocycles. The second-order valence-corrected chi connectivity index (χ2v) is 10.5. The van der Waals surface area contributed by atoms with Crippen LogP contribution in [0, 0.1) is 18.7 Å². The maximum atomic E-state index is 14.4. The fourth-order valence-electron chi connectivity index (χ4n) is 5.15. The smallest absolute Gasteiger partial charge is 0.256 e. The number of piperazine rings is 1. The number of likely N-dealkylation sites (tertiary alicyclic amines) is 1. The third kappa shape index (κ3) is 6.07. The van der Waals surface area contributed by atoms with Crippen LogP contribution in [0.3, 0.4) is 0 Å². The fraction of sp³-hybridized carbons (Fsp3) is 0.481. The average molecular weight is 541 g/mol. The zero-order chi connectivity index (χ0) is 26.6. The molecule has 1 aromatic carbocycles. The molecule has 2 aromatic heterocycles. The number of nitrogens with one attached hydrogen (secondary N) is 2. The number of rotatable bonds is 7. The van der Waals surface area contributed by atoms with Crippen molar-refractivity contribution < 1.29 is 9.18 Å². The standard InChI is InChI=1S/C27H34ClFN8O/c1-3-35-11-13-37(14-12-35)27-30-20(17-23(32-27)31-24-15-18(2)33-34-24)16-19-7-9-36(10-8-19)26(38)21-5-4-6-22(28)25(21)29/h4-6,15,17,19H,3,7-14,16H2,1-2H3,(H2,30,31,32,33,34). The molecule has 2 fully saturated rings. The second-order valence-electron chi connectivity index (χ2n) is 10.1. The molecular formula is C27H34ClFN8O. The van der Waals surface area contributed by atoms with E-state index in [1.807, 2.05) is 19.1 Å². The zero-order valence-electron chi connectivity index (χ0n) is 21.9. The molecule has 0 spiro atoms. The molecule has 9 nitrogen and oxygen atoms in total. The molecule has 2 aliphatic rings. The first-order valence-electron chi connectivity index (χ1n) is 13.3. The van der Waals surface area contributed by atoms with Crippen molar-refractivity contribution in [3.63, 3.8) is 0 Å². The molecule has 0 saturated carbocycles. The van der Waals surface area contributed by atoms with Gasteiger partial charge in [0, 0.05) is 62.8 Å². The Hall–Kier alpha value is -3.24. The molecule has 5 rings (SSSR count). The SMILES string of the molecule is CCN1CCN(c2nc(CC3CCN(C(=O)c4cccc(Cl)c4F)CC3)cc(Nc3cc(C)[nH]n3)n2)CC1. The highest BCUT2D eigenvalue weighted by Crippen LogP contribution is 2.27. The zero-order valence-corrected chi connectivity index (χ0v) is 22.6. The van der Waals surface area contributed by atoms with E-state index in [-0.39, 0.29) is 16.5 Å². The Morgan fingerprint density at radius 3 is 2.55 bits per heavy atom. The summed E-state index contributed by atoms with van der Waals surface area (Å²) in [6.45, 7) is 10.1. The number of aromatic amines is 1. The highest BCUT2D eigenvalue weighted by Gasteiger charge is 2.27. The van der Waals surface area contributed by atoms with E-state index in [0.29, 0.717) is 24.8 Å². The minimum absolute atomic E-state index is 0.0314. The molecule has 2 aliphatic heterocycles. The number of benzene rings is 1. The van der Waals surface area contributed by atoms with E-state index in [9.17, 15) is 9.18 Å². The van der Waals surface area contributed by atoms with E-state index in [1.54, 1.807) is 11.0 Å². The van der Waals surface area contributed by atoms with E-state index in [0.717, 1.165) is 75.1 Å². The van der Waals surface area contributed by atoms with Crippen molar-refractivity contribution >= 4 is 35.1 Å². The summed E-state index contributed by atoms with van der Waals surface area (Å²) >= 11 is 5.88. The molecule has 0 atom stereocenters. The Morgan fingerprint density at radius 1 is 1.11 bits per heavy atom. The Labute approximate surface area is 227 Å². The largest absolute Gasteiger partial charge is 0.339 e. The molecule has 202 valence electrons. The van der Waals surface area contributed by atoms with Gasteiger partial charge in [-0.1, -0.05) is 24.6 Å². The molecule has 0 radical (unpaired) electrons. The minimum atomic E-state index is -0.651. The molecular weight excluding hydrogens is 507 g/mol. The van der Waals surface area contributed by atoms with Crippen LogP contribution in [0.4, 0.5) is 22.0 Å². The van der Waals surface area contributed by atoms with Crippen molar-refractivity contribution in [1.29, 1.82) is 0 Å². The third-order valence-corrected chi connectivity index (χ3v) is 7.71. The van der Waals surface area contributed by atoms with Gasteiger partial charge in [-0.15, -0.1) is 0 Å². The van der Waals surface area contributed by atoms with Gasteiger partial charge < -0.3 is 20.0 Å². The van der Waals surface area contributed by atoms with Gasteiger partial charge in [-0.3, -0.25) is 9.89 Å². The number of aryl methyl sites for hydroxylation is 1. The van der Waals surface area contributed by atoms with Crippen molar-refractivity contribution in [2.24, 2.45) is 5.92 Å². The summed E-state index contributed by atoms with van der Waals surface area (Å²) in [6.07, 6.45) is 2.43. The second kappa shape index (κ2) is 11.7. The number of halogens is 2. The number of nitrogens with zero attached hydrogens (tertiary/aromatic N) is 6. The van der Waals surface area contributed by atoms with Gasteiger partial charge >= 0.3 is 0 Å². The fourth-order valence-corrected chi connectivity index (χ4v) is 5.32. The number of amides is 1. The van der Waals surface area contributed by atoms with Gasteiger partial charge in [0.15, 0.2) is 11.6 Å². The molecule has 1 amide bonds. The number of aromatic nitrogens is 4. The molecule has 0 bridgehead atoms. The van der Waals surface area contributed by atoms with Crippen molar-refractivity contribution in [3.8, 4) is 0 Å². The van der Waals surface area contributed by atoms with Gasteiger partial charge in [0.1, 0.15) is 5.82 Å². The summed E-state index contributed by atoms with van der Waals surface area (Å²) in [5.41, 5.74) is 1.97. The van der Waals surface area contributed by atoms with E-state index in [4.69, 9.17) is 21.6 Å². The van der Waals surface area contributed by atoms with Gasteiger partial charge in [-0.05, 0) is 50.8 Å². The molecule has 4 heterocycles. The van der Waals surface area contributed by atoms with Gasteiger partial charge in [-0.25, -0.2) is 9.37 Å². The van der Waals surface area contributed by atoms with Crippen LogP contribution in [0.15, 0.2) is 30.3 Å². The number of carbonyl (C=O) groups is 1. The van der Waals surface area contributed by atoms with E-state index in [2.05, 4.69) is 32.2 Å². The van der Waals surface area contributed by atoms with Crippen LogP contribution in [-0.2, 0) is 6.42 Å². The van der Waals surface area contributed by atoms with Gasteiger partial charge in [-0.2, -0.15) is 10.1 Å². The average Bonchev–Trinajstić information content (AvgIpc) is 3.34. The summed E-state index contributed by atoms with van der Waals surface area (Å²) in [4.78, 5) is 29.1. The first-order valence-corrected chi connectivity index (χ1v) is 13.6. The molecule has 11 heteroatoms. The lowest BCUT2D eigenvalue weighted by Gasteiger charge is -2.34. The van der Waals surface area contributed by atoms with Crippen molar-refractivity contribution in [1.82, 2.24) is 30.0 Å². The highest BCUT2D eigenvalue weighted by atomic mass is 35.5. The summed E-state index contributed by atoms with van der Waals surface area (Å²) in [5, 5.41) is 10.5. The van der Waals surface area contributed by atoms with Crippen LogP contribution in [0.25, 0.3) is 0 Å². The maximum Gasteiger partial charge on any atom is 0.256 e. The molecule has 0 unspecified atom stereocenters. The van der Waals surface area contributed by atoms with Crippen molar-refractivity contribution in [3.05, 3.63) is 58.1 Å². The quantitative estimate of drug-likeness (QED) is 0.462. The lowest BCUT2D eigenvalue weighted by Crippen LogP contribution is -2.46. The summed E-state index contributed by atoms with van der Waals surface area (Å²) < 4.78 is 14.4. The summed E-state index contributed by atoms with van der Waals surface area (Å²) in [5.74, 6) is 1.58. The lowest BCUT2D eigenvalue weighted by molar-refractivity contribution is 0.0685. The number of carbonyl (C=O) groups excluding carboxylic acids is 1. The Balaban J connectivity index is 1.28. The Morgan fingerprint density at radius 2 is 1.87 bits per heavy atom. The third-order valence-electron chi connectivity index (χ3n) is 7.41. The number of H-pyrrole nitrogens is 1. The predicted octanol–water partition coefficient (Wildman–Crippen LogP) is 4.28. The maximum absolute atomic E-state index is 14.4.